The Morgan fingerprint density at radius 1 is 0.952 bits per heavy atom. The van der Waals surface area contributed by atoms with Crippen molar-refractivity contribution >= 4 is 43.9 Å². The first-order chi connectivity index (χ1) is 9.72. The second-order valence-corrected chi connectivity index (χ2v) is 5.59. The number of imidazole rings is 1. The van der Waals surface area contributed by atoms with Gasteiger partial charge in [0.2, 0.25) is 5.62 Å². The van der Waals surface area contributed by atoms with Crippen molar-refractivity contribution in [1.82, 2.24) is 9.13 Å². The Morgan fingerprint density at radius 3 is 2.14 bits per heavy atom. The minimum atomic E-state index is 0. The Balaban J connectivity index is 0.00000161. The number of nitrogens with one attached hydrogen (secondary N) is 1. The summed E-state index contributed by atoms with van der Waals surface area (Å²) in [6.07, 6.45) is 0. The first kappa shape index (κ1) is 16.0. The Labute approximate surface area is 142 Å². The Bertz CT molecular complexity index is 818. The number of hydrogen-bond acceptors (Lipinski definition) is 1. The molecule has 1 heterocycles. The zero-order valence-corrected chi connectivity index (χ0v) is 15.0. The molecule has 0 unspecified atom stereocenters. The minimum absolute atomic E-state index is 0. The maximum atomic E-state index is 8.41. The Kier molecular flexibility index (Phi) is 5.06. The van der Waals surface area contributed by atoms with Crippen LogP contribution in [0.25, 0.3) is 11.0 Å². The summed E-state index contributed by atoms with van der Waals surface area (Å²) in [7, 11) is 0. The number of benzene rings is 2. The summed E-state index contributed by atoms with van der Waals surface area (Å²) in [5.74, 6) is 0. The van der Waals surface area contributed by atoms with Gasteiger partial charge < -0.3 is 9.13 Å². The van der Waals surface area contributed by atoms with Gasteiger partial charge in [0, 0.05) is 11.0 Å². The summed E-state index contributed by atoms with van der Waals surface area (Å²) in [4.78, 5) is 0. The number of aromatic nitrogens is 2. The van der Waals surface area contributed by atoms with E-state index in [1.807, 2.05) is 34.9 Å². The first-order valence-corrected chi connectivity index (χ1v) is 7.47. The molecule has 2 aromatic carbocycles. The fourth-order valence-corrected chi connectivity index (χ4v) is 2.98. The normalized spacial score (nSPS) is 10.6. The molecule has 0 atom stereocenters. The molecule has 0 spiro atoms. The highest BCUT2D eigenvalue weighted by molar-refractivity contribution is 9.10. The van der Waals surface area contributed by atoms with Gasteiger partial charge in [0.25, 0.3) is 0 Å². The van der Waals surface area contributed by atoms with Crippen LogP contribution in [0.1, 0.15) is 12.5 Å². The topological polar surface area (TPSA) is 33.7 Å². The summed E-state index contributed by atoms with van der Waals surface area (Å²) < 4.78 is 5.17. The lowest BCUT2D eigenvalue weighted by Gasteiger charge is -2.06. The lowest BCUT2D eigenvalue weighted by atomic mass is 10.2. The first-order valence-electron chi connectivity index (χ1n) is 6.68. The molecular weight excluding hydrogens is 394 g/mol. The van der Waals surface area contributed by atoms with E-state index in [2.05, 4.69) is 45.6 Å². The molecule has 0 saturated heterocycles. The second kappa shape index (κ2) is 6.62. The standard InChI is InChI=1S/C16H16BrN3.BrH/c1-2-19-14-9-5-6-10-15(14)20(16(19)18)11-12-7-3-4-8-13(12)17;/h3-10,18H,2,11H2,1H3;1H. The molecule has 3 nitrogen and oxygen atoms in total. The maximum Gasteiger partial charge on any atom is 0.203 e. The van der Waals surface area contributed by atoms with Crippen LogP contribution in [-0.2, 0) is 13.1 Å². The van der Waals surface area contributed by atoms with Crippen molar-refractivity contribution in [3.8, 4) is 0 Å². The maximum absolute atomic E-state index is 8.41. The number of aryl methyl sites for hydroxylation is 1. The minimum Gasteiger partial charge on any atom is -0.311 e. The largest absolute Gasteiger partial charge is 0.311 e. The van der Waals surface area contributed by atoms with Gasteiger partial charge in [-0.25, -0.2) is 0 Å². The van der Waals surface area contributed by atoms with Crippen LogP contribution in [0.5, 0.6) is 0 Å². The number of nitrogens with zero attached hydrogens (tertiary/aromatic N) is 2. The molecule has 0 amide bonds. The Morgan fingerprint density at radius 2 is 1.52 bits per heavy atom. The van der Waals surface area contributed by atoms with Gasteiger partial charge in [-0.15, -0.1) is 17.0 Å². The number of halogens is 2. The van der Waals surface area contributed by atoms with E-state index in [9.17, 15) is 0 Å². The number of para-hydroxylation sites is 2. The van der Waals surface area contributed by atoms with Crippen LogP contribution in [0, 0.1) is 5.41 Å². The summed E-state index contributed by atoms with van der Waals surface area (Å²) >= 11 is 3.58. The van der Waals surface area contributed by atoms with Crippen molar-refractivity contribution in [2.45, 2.75) is 20.0 Å². The fraction of sp³-hybridized carbons (Fsp3) is 0.188. The van der Waals surface area contributed by atoms with E-state index < -0.39 is 0 Å². The molecule has 0 aliphatic rings. The predicted octanol–water partition coefficient (Wildman–Crippen LogP) is 4.33. The molecule has 5 heteroatoms. The van der Waals surface area contributed by atoms with Gasteiger partial charge in [-0.1, -0.05) is 46.3 Å². The van der Waals surface area contributed by atoms with Crippen LogP contribution in [0.2, 0.25) is 0 Å². The molecule has 1 aromatic heterocycles. The SMILES string of the molecule is Br.CCn1c(=N)n(Cc2ccccc2Br)c2ccccc21. The van der Waals surface area contributed by atoms with Crippen LogP contribution in [0.4, 0.5) is 0 Å². The van der Waals surface area contributed by atoms with Crippen LogP contribution >= 0.6 is 32.9 Å². The van der Waals surface area contributed by atoms with Crippen molar-refractivity contribution in [2.75, 3.05) is 0 Å². The van der Waals surface area contributed by atoms with Crippen molar-refractivity contribution in [3.63, 3.8) is 0 Å². The molecular formula is C16H17Br2N3. The van der Waals surface area contributed by atoms with Crippen molar-refractivity contribution in [2.24, 2.45) is 0 Å². The average molecular weight is 411 g/mol. The summed E-state index contributed by atoms with van der Waals surface area (Å²) in [5.41, 5.74) is 3.96. The molecule has 0 aliphatic heterocycles. The lowest BCUT2D eigenvalue weighted by Crippen LogP contribution is -2.24. The second-order valence-electron chi connectivity index (χ2n) is 4.73. The highest BCUT2D eigenvalue weighted by atomic mass is 79.9. The van der Waals surface area contributed by atoms with Gasteiger partial charge >= 0.3 is 0 Å². The number of rotatable bonds is 3. The zero-order chi connectivity index (χ0) is 14.1. The molecule has 0 fully saturated rings. The van der Waals surface area contributed by atoms with Crippen LogP contribution in [0.15, 0.2) is 53.0 Å². The average Bonchev–Trinajstić information content (AvgIpc) is 2.74. The Hall–Kier alpha value is -1.33. The lowest BCUT2D eigenvalue weighted by molar-refractivity contribution is 0.649. The van der Waals surface area contributed by atoms with Crippen molar-refractivity contribution in [1.29, 1.82) is 5.41 Å². The molecule has 21 heavy (non-hydrogen) atoms. The van der Waals surface area contributed by atoms with Crippen LogP contribution in [-0.4, -0.2) is 9.13 Å². The smallest absolute Gasteiger partial charge is 0.203 e. The van der Waals surface area contributed by atoms with Crippen molar-refractivity contribution < 1.29 is 0 Å². The van der Waals surface area contributed by atoms with E-state index in [1.54, 1.807) is 0 Å². The van der Waals surface area contributed by atoms with E-state index >= 15 is 0 Å². The van der Waals surface area contributed by atoms with Crippen LogP contribution in [0.3, 0.4) is 0 Å². The third kappa shape index (κ3) is 2.85. The van der Waals surface area contributed by atoms with Crippen molar-refractivity contribution in [3.05, 3.63) is 64.2 Å². The molecule has 110 valence electrons. The highest BCUT2D eigenvalue weighted by Gasteiger charge is 2.10. The summed E-state index contributed by atoms with van der Waals surface area (Å²) in [6, 6.07) is 16.4. The van der Waals surface area contributed by atoms with Gasteiger partial charge in [-0.05, 0) is 30.7 Å². The highest BCUT2D eigenvalue weighted by Crippen LogP contribution is 2.19. The number of hydrogen-bond donors (Lipinski definition) is 1. The van der Waals surface area contributed by atoms with Crippen LogP contribution < -0.4 is 5.62 Å². The van der Waals surface area contributed by atoms with Gasteiger partial charge in [0.15, 0.2) is 0 Å². The number of fused-ring (bicyclic) bond motifs is 1. The molecule has 1 N–H and O–H groups in total. The fourth-order valence-electron chi connectivity index (χ4n) is 2.57. The van der Waals surface area contributed by atoms with Gasteiger partial charge in [0.05, 0.1) is 17.6 Å². The van der Waals surface area contributed by atoms with E-state index in [0.29, 0.717) is 12.2 Å². The monoisotopic (exact) mass is 409 g/mol. The molecule has 0 saturated carbocycles. The molecule has 0 bridgehead atoms. The quantitative estimate of drug-likeness (QED) is 0.666. The molecule has 0 radical (unpaired) electrons. The molecule has 0 aliphatic carbocycles. The summed E-state index contributed by atoms with van der Waals surface area (Å²) in [6.45, 7) is 3.59. The van der Waals surface area contributed by atoms with E-state index in [4.69, 9.17) is 5.41 Å². The van der Waals surface area contributed by atoms with Gasteiger partial charge in [-0.3, -0.25) is 5.41 Å². The summed E-state index contributed by atoms with van der Waals surface area (Å²) in [5, 5.41) is 8.41. The van der Waals surface area contributed by atoms with E-state index in [1.165, 1.54) is 5.56 Å². The molecule has 3 rings (SSSR count). The van der Waals surface area contributed by atoms with Gasteiger partial charge in [-0.2, -0.15) is 0 Å². The van der Waals surface area contributed by atoms with E-state index in [0.717, 1.165) is 22.1 Å². The zero-order valence-electron chi connectivity index (χ0n) is 11.7. The van der Waals surface area contributed by atoms with E-state index in [-0.39, 0.29) is 17.0 Å². The third-order valence-corrected chi connectivity index (χ3v) is 4.35. The third-order valence-electron chi connectivity index (χ3n) is 3.58. The molecule has 3 aromatic rings. The predicted molar refractivity (Wildman–Crippen MR) is 95.0 cm³/mol. The van der Waals surface area contributed by atoms with Gasteiger partial charge in [0.1, 0.15) is 0 Å².